The lowest BCUT2D eigenvalue weighted by Gasteiger charge is -2.25. The van der Waals surface area contributed by atoms with Gasteiger partial charge in [-0.05, 0) is 53.1 Å². The summed E-state index contributed by atoms with van der Waals surface area (Å²) >= 11 is 0. The maximum absolute atomic E-state index is 13.6. The van der Waals surface area contributed by atoms with Gasteiger partial charge in [-0.2, -0.15) is 0 Å². The van der Waals surface area contributed by atoms with E-state index in [1.54, 1.807) is 0 Å². The van der Waals surface area contributed by atoms with Gasteiger partial charge in [-0.1, -0.05) is 36.4 Å². The molecule has 3 aromatic carbocycles. The summed E-state index contributed by atoms with van der Waals surface area (Å²) in [6, 6.07) is 11.9. The molecule has 0 spiro atoms. The van der Waals surface area contributed by atoms with Crippen LogP contribution in [0.2, 0.25) is 0 Å². The first kappa shape index (κ1) is 33.9. The molecule has 0 aromatic heterocycles. The number of phenols is 3. The molecule has 4 unspecified atom stereocenters. The number of carboxylic acid groups (broad SMARTS) is 1. The van der Waals surface area contributed by atoms with Crippen LogP contribution in [0.1, 0.15) is 23.1 Å². The number of hydrogen-bond donors (Lipinski definition) is 9. The summed E-state index contributed by atoms with van der Waals surface area (Å²) in [5.74, 6) is -4.78. The molecule has 45 heavy (non-hydrogen) atoms. The van der Waals surface area contributed by atoms with Crippen LogP contribution in [0.3, 0.4) is 0 Å². The van der Waals surface area contributed by atoms with Gasteiger partial charge in [0.15, 0.2) is 0 Å². The molecular weight excluding hydrogens is 586 g/mol. The number of hydrogen-bond acceptors (Lipinski definition) is 9. The number of rotatable bonds is 15. The van der Waals surface area contributed by atoms with Gasteiger partial charge in [0.05, 0.1) is 12.5 Å². The molecule has 11 N–H and O–H groups in total. The van der Waals surface area contributed by atoms with Crippen molar-refractivity contribution in [3.8, 4) is 17.2 Å². The van der Waals surface area contributed by atoms with Crippen LogP contribution in [0, 0.1) is 0 Å². The molecule has 14 heteroatoms. The Hall–Kier alpha value is -5.63. The lowest BCUT2D eigenvalue weighted by Crippen LogP contribution is -2.58. The number of amides is 4. The van der Waals surface area contributed by atoms with Gasteiger partial charge >= 0.3 is 5.97 Å². The predicted octanol–water partition coefficient (Wildman–Crippen LogP) is -0.427. The predicted molar refractivity (Wildman–Crippen MR) is 161 cm³/mol. The Morgan fingerprint density at radius 1 is 0.556 bits per heavy atom. The first-order valence-electron chi connectivity index (χ1n) is 13.8. The lowest BCUT2D eigenvalue weighted by molar-refractivity contribution is -0.142. The number of benzene rings is 3. The van der Waals surface area contributed by atoms with E-state index in [2.05, 4.69) is 16.0 Å². The zero-order valence-electron chi connectivity index (χ0n) is 24.1. The minimum absolute atomic E-state index is 0.0177. The highest BCUT2D eigenvalue weighted by atomic mass is 16.4. The monoisotopic (exact) mass is 621 g/mol. The minimum Gasteiger partial charge on any atom is -0.508 e. The van der Waals surface area contributed by atoms with Crippen molar-refractivity contribution in [3.63, 3.8) is 0 Å². The summed E-state index contributed by atoms with van der Waals surface area (Å²) in [5.41, 5.74) is 12.5. The van der Waals surface area contributed by atoms with Gasteiger partial charge in [0, 0.05) is 19.3 Å². The van der Waals surface area contributed by atoms with Gasteiger partial charge < -0.3 is 47.8 Å². The number of nitrogens with two attached hydrogens (primary N) is 2. The molecule has 14 nitrogen and oxygen atoms in total. The van der Waals surface area contributed by atoms with Crippen LogP contribution in [-0.2, 0) is 43.2 Å². The van der Waals surface area contributed by atoms with Crippen molar-refractivity contribution >= 4 is 29.6 Å². The van der Waals surface area contributed by atoms with Crippen LogP contribution in [0.4, 0.5) is 0 Å². The SMILES string of the molecule is NC(=O)CC(N)C(=O)NC(Cc1ccc(O)cc1)C(=O)NC(Cc1ccc(O)cc1)C(=O)NC(Cc1ccc(O)cc1)C(=O)O. The number of carbonyl (C=O) groups is 5. The smallest absolute Gasteiger partial charge is 0.326 e. The number of carboxylic acids is 1. The van der Waals surface area contributed by atoms with E-state index in [0.29, 0.717) is 16.7 Å². The van der Waals surface area contributed by atoms with Crippen molar-refractivity contribution in [2.24, 2.45) is 11.5 Å². The zero-order chi connectivity index (χ0) is 33.1. The van der Waals surface area contributed by atoms with E-state index in [4.69, 9.17) is 11.5 Å². The largest absolute Gasteiger partial charge is 0.508 e. The van der Waals surface area contributed by atoms with Gasteiger partial charge in [-0.25, -0.2) is 4.79 Å². The zero-order valence-corrected chi connectivity index (χ0v) is 24.1. The van der Waals surface area contributed by atoms with Gasteiger partial charge in [0.1, 0.15) is 35.4 Å². The van der Waals surface area contributed by atoms with Crippen molar-refractivity contribution < 1.29 is 44.4 Å². The van der Waals surface area contributed by atoms with Gasteiger partial charge in [0.2, 0.25) is 23.6 Å². The Balaban J connectivity index is 1.87. The Kier molecular flexibility index (Phi) is 11.8. The second-order valence-corrected chi connectivity index (χ2v) is 10.4. The molecule has 4 atom stereocenters. The standard InChI is InChI=1S/C31H35N5O9/c32-23(16-27(33)40)28(41)34-24(13-17-1-7-20(37)8-2-17)29(42)35-25(14-18-3-9-21(38)10-4-18)30(43)36-26(31(44)45)15-19-5-11-22(39)12-6-19/h1-12,23-26,37-39H,13-16,32H2,(H2,33,40)(H,34,41)(H,35,42)(H,36,43)(H,44,45). The molecule has 238 valence electrons. The average Bonchev–Trinajstić information content (AvgIpc) is 2.98. The third-order valence-corrected chi connectivity index (χ3v) is 6.77. The van der Waals surface area contributed by atoms with Crippen molar-refractivity contribution in [3.05, 3.63) is 89.5 Å². The Labute approximate surface area is 258 Å². The van der Waals surface area contributed by atoms with E-state index in [-0.39, 0.29) is 36.5 Å². The van der Waals surface area contributed by atoms with Gasteiger partial charge in [-0.3, -0.25) is 19.2 Å². The summed E-state index contributed by atoms with van der Waals surface area (Å²) in [5, 5.41) is 46.1. The van der Waals surface area contributed by atoms with Gasteiger partial charge in [-0.15, -0.1) is 0 Å². The van der Waals surface area contributed by atoms with E-state index in [0.717, 1.165) is 0 Å². The average molecular weight is 622 g/mol. The maximum Gasteiger partial charge on any atom is 0.326 e. The lowest BCUT2D eigenvalue weighted by atomic mass is 10.0. The van der Waals surface area contributed by atoms with Crippen molar-refractivity contribution in [1.82, 2.24) is 16.0 Å². The fraction of sp³-hybridized carbons (Fsp3) is 0.258. The molecule has 0 heterocycles. The molecule has 0 bridgehead atoms. The van der Waals surface area contributed by atoms with Crippen LogP contribution in [-0.4, -0.2) is 74.2 Å². The molecular formula is C31H35N5O9. The highest BCUT2D eigenvalue weighted by Gasteiger charge is 2.31. The molecule has 4 amide bonds. The van der Waals surface area contributed by atoms with E-state index >= 15 is 0 Å². The van der Waals surface area contributed by atoms with Gasteiger partial charge in [0.25, 0.3) is 0 Å². The quantitative estimate of drug-likeness (QED) is 0.106. The molecule has 0 aliphatic carbocycles. The second-order valence-electron chi connectivity index (χ2n) is 10.4. The van der Waals surface area contributed by atoms with Crippen molar-refractivity contribution in [2.75, 3.05) is 0 Å². The molecule has 0 saturated heterocycles. The van der Waals surface area contributed by atoms with Crippen LogP contribution in [0.5, 0.6) is 17.2 Å². The van der Waals surface area contributed by atoms with Crippen molar-refractivity contribution in [1.29, 1.82) is 0 Å². The Morgan fingerprint density at radius 2 is 0.867 bits per heavy atom. The molecule has 3 aromatic rings. The Bertz CT molecular complexity index is 1500. The molecule has 0 aliphatic rings. The second kappa shape index (κ2) is 15.7. The summed E-state index contributed by atoms with van der Waals surface area (Å²) in [6.45, 7) is 0. The molecule has 3 rings (SSSR count). The summed E-state index contributed by atoms with van der Waals surface area (Å²) in [7, 11) is 0. The number of carbonyl (C=O) groups excluding carboxylic acids is 4. The number of aliphatic carboxylic acids is 1. The summed E-state index contributed by atoms with van der Waals surface area (Å²) < 4.78 is 0. The fourth-order valence-corrected chi connectivity index (χ4v) is 4.35. The summed E-state index contributed by atoms with van der Waals surface area (Å²) in [4.78, 5) is 63.2. The van der Waals surface area contributed by atoms with Crippen LogP contribution in [0.15, 0.2) is 72.8 Å². The number of phenolic OH excluding ortho intramolecular Hbond substituents is 3. The van der Waals surface area contributed by atoms with Crippen LogP contribution in [0.25, 0.3) is 0 Å². The highest BCUT2D eigenvalue weighted by Crippen LogP contribution is 2.15. The minimum atomic E-state index is -1.40. The maximum atomic E-state index is 13.6. The normalized spacial score (nSPS) is 13.4. The first-order chi connectivity index (χ1) is 21.3. The van der Waals surface area contributed by atoms with E-state index in [1.165, 1.54) is 72.8 Å². The molecule has 0 fully saturated rings. The summed E-state index contributed by atoms with van der Waals surface area (Å²) in [6.07, 6.45) is -0.834. The van der Waals surface area contributed by atoms with E-state index in [1.807, 2.05) is 0 Å². The molecule has 0 aliphatic heterocycles. The van der Waals surface area contributed by atoms with Crippen molar-refractivity contribution in [2.45, 2.75) is 49.9 Å². The number of primary amides is 1. The highest BCUT2D eigenvalue weighted by molar-refractivity contribution is 5.95. The molecule has 0 saturated carbocycles. The number of nitrogens with one attached hydrogen (secondary N) is 3. The molecule has 0 radical (unpaired) electrons. The van der Waals surface area contributed by atoms with E-state index < -0.39 is 60.2 Å². The Morgan fingerprint density at radius 3 is 1.20 bits per heavy atom. The topological polar surface area (TPSA) is 254 Å². The van der Waals surface area contributed by atoms with Crippen LogP contribution < -0.4 is 27.4 Å². The number of aromatic hydroxyl groups is 3. The fourth-order valence-electron chi connectivity index (χ4n) is 4.35. The van der Waals surface area contributed by atoms with Crippen LogP contribution >= 0.6 is 0 Å². The first-order valence-corrected chi connectivity index (χ1v) is 13.8. The van der Waals surface area contributed by atoms with E-state index in [9.17, 15) is 44.4 Å². The third-order valence-electron chi connectivity index (χ3n) is 6.77. The third kappa shape index (κ3) is 10.9.